The Hall–Kier alpha value is -1.92. The number of aliphatic imine (C=N–C) groups is 1. The van der Waals surface area contributed by atoms with E-state index in [1.807, 2.05) is 14.0 Å². The highest BCUT2D eigenvalue weighted by Gasteiger charge is 2.34. The van der Waals surface area contributed by atoms with Crippen molar-refractivity contribution in [1.29, 1.82) is 0 Å². The van der Waals surface area contributed by atoms with E-state index in [4.69, 9.17) is 4.74 Å². The van der Waals surface area contributed by atoms with E-state index in [1.54, 1.807) is 11.3 Å². The van der Waals surface area contributed by atoms with Gasteiger partial charge in [-0.2, -0.15) is 0 Å². The molecule has 0 spiro atoms. The zero-order chi connectivity index (χ0) is 18.4. The van der Waals surface area contributed by atoms with Crippen molar-refractivity contribution in [1.82, 2.24) is 15.2 Å². The zero-order valence-electron chi connectivity index (χ0n) is 15.9. The largest absolute Gasteiger partial charge is 0.381 e. The van der Waals surface area contributed by atoms with Crippen LogP contribution in [0.3, 0.4) is 0 Å². The fourth-order valence-electron chi connectivity index (χ4n) is 3.55. The number of ether oxygens (including phenoxy) is 1. The Bertz CT molecular complexity index is 722. The second-order valence-corrected chi connectivity index (χ2v) is 7.94. The lowest BCUT2D eigenvalue weighted by atomic mass is 9.74. The van der Waals surface area contributed by atoms with Crippen LogP contribution in [0.2, 0.25) is 0 Å². The van der Waals surface area contributed by atoms with Crippen molar-refractivity contribution >= 4 is 17.3 Å². The Labute approximate surface area is 160 Å². The minimum absolute atomic E-state index is 0.0908. The van der Waals surface area contributed by atoms with Crippen molar-refractivity contribution in [3.8, 4) is 0 Å². The van der Waals surface area contributed by atoms with Crippen LogP contribution >= 0.6 is 11.3 Å². The molecule has 1 N–H and O–H groups in total. The van der Waals surface area contributed by atoms with E-state index in [-0.39, 0.29) is 5.41 Å². The number of hydrogen-bond donors (Lipinski definition) is 1. The number of thiazole rings is 1. The first-order valence-corrected chi connectivity index (χ1v) is 9.97. The van der Waals surface area contributed by atoms with Crippen molar-refractivity contribution in [2.75, 3.05) is 33.9 Å². The quantitative estimate of drug-likeness (QED) is 0.647. The molecule has 140 valence electrons. The fourth-order valence-corrected chi connectivity index (χ4v) is 4.16. The van der Waals surface area contributed by atoms with Gasteiger partial charge in [-0.15, -0.1) is 11.3 Å². The van der Waals surface area contributed by atoms with Gasteiger partial charge < -0.3 is 15.0 Å². The van der Waals surface area contributed by atoms with Crippen molar-refractivity contribution in [2.24, 2.45) is 4.99 Å². The first-order valence-electron chi connectivity index (χ1n) is 9.09. The first kappa shape index (κ1) is 18.9. The van der Waals surface area contributed by atoms with E-state index in [0.29, 0.717) is 0 Å². The van der Waals surface area contributed by atoms with Gasteiger partial charge in [0.05, 0.1) is 17.2 Å². The summed E-state index contributed by atoms with van der Waals surface area (Å²) < 4.78 is 5.63. The third-order valence-corrected chi connectivity index (χ3v) is 5.88. The van der Waals surface area contributed by atoms with Crippen LogP contribution in [0.25, 0.3) is 0 Å². The third-order valence-electron chi connectivity index (χ3n) is 5.06. The minimum Gasteiger partial charge on any atom is -0.381 e. The minimum atomic E-state index is 0.0908. The number of nitrogens with zero attached hydrogens (tertiary/aromatic N) is 3. The number of aromatic nitrogens is 1. The molecule has 0 amide bonds. The third kappa shape index (κ3) is 4.43. The zero-order valence-corrected chi connectivity index (χ0v) is 16.7. The van der Waals surface area contributed by atoms with Crippen LogP contribution in [-0.4, -0.2) is 49.7 Å². The molecule has 5 nitrogen and oxygen atoms in total. The fraction of sp³-hybridized carbons (Fsp3) is 0.500. The van der Waals surface area contributed by atoms with Gasteiger partial charge >= 0.3 is 0 Å². The highest BCUT2D eigenvalue weighted by atomic mass is 32.1. The Morgan fingerprint density at radius 2 is 2.04 bits per heavy atom. The van der Waals surface area contributed by atoms with Gasteiger partial charge in [0.1, 0.15) is 0 Å². The van der Waals surface area contributed by atoms with Gasteiger partial charge in [0.25, 0.3) is 0 Å². The topological polar surface area (TPSA) is 49.8 Å². The van der Waals surface area contributed by atoms with Crippen molar-refractivity contribution in [3.05, 3.63) is 52.0 Å². The SMILES string of the molecule is CN=C(NCC1(c2ccccc2)CCOCC1)N(C)Cc1csc(C)n1. The first-order chi connectivity index (χ1) is 12.6. The molecule has 1 fully saturated rings. The summed E-state index contributed by atoms with van der Waals surface area (Å²) in [5.74, 6) is 0.900. The molecule has 1 saturated heterocycles. The number of benzene rings is 1. The molecule has 0 saturated carbocycles. The van der Waals surface area contributed by atoms with Gasteiger partial charge in [-0.1, -0.05) is 30.3 Å². The Kier molecular flexibility index (Phi) is 6.27. The second kappa shape index (κ2) is 8.64. The Morgan fingerprint density at radius 1 is 1.31 bits per heavy atom. The molecule has 0 radical (unpaired) electrons. The summed E-state index contributed by atoms with van der Waals surface area (Å²) in [6.45, 7) is 5.27. The maximum atomic E-state index is 5.63. The summed E-state index contributed by atoms with van der Waals surface area (Å²) in [5.41, 5.74) is 2.55. The van der Waals surface area contributed by atoms with Crippen LogP contribution < -0.4 is 5.32 Å². The second-order valence-electron chi connectivity index (χ2n) is 6.87. The molecule has 1 aliphatic rings. The number of hydrogen-bond acceptors (Lipinski definition) is 4. The summed E-state index contributed by atoms with van der Waals surface area (Å²) in [6, 6.07) is 10.8. The number of nitrogens with one attached hydrogen (secondary N) is 1. The molecular weight excluding hydrogens is 344 g/mol. The summed E-state index contributed by atoms with van der Waals surface area (Å²) in [5, 5.41) is 6.81. The summed E-state index contributed by atoms with van der Waals surface area (Å²) in [4.78, 5) is 11.2. The van der Waals surface area contributed by atoms with Crippen LogP contribution in [0.1, 0.15) is 29.1 Å². The molecule has 0 bridgehead atoms. The van der Waals surface area contributed by atoms with E-state index < -0.39 is 0 Å². The molecule has 1 aromatic carbocycles. The highest BCUT2D eigenvalue weighted by Crippen LogP contribution is 2.34. The van der Waals surface area contributed by atoms with E-state index in [2.05, 4.69) is 63.0 Å². The molecule has 0 atom stereocenters. The van der Waals surface area contributed by atoms with Crippen molar-refractivity contribution in [2.45, 2.75) is 31.7 Å². The van der Waals surface area contributed by atoms with Gasteiger partial charge in [0, 0.05) is 44.6 Å². The smallest absolute Gasteiger partial charge is 0.193 e. The van der Waals surface area contributed by atoms with Crippen LogP contribution in [0.15, 0.2) is 40.7 Å². The lowest BCUT2D eigenvalue weighted by Gasteiger charge is -2.39. The monoisotopic (exact) mass is 372 g/mol. The van der Waals surface area contributed by atoms with Crippen LogP contribution in [0, 0.1) is 6.92 Å². The molecule has 0 aliphatic carbocycles. The van der Waals surface area contributed by atoms with E-state index in [1.165, 1.54) is 5.56 Å². The van der Waals surface area contributed by atoms with E-state index in [0.717, 1.165) is 55.8 Å². The number of rotatable bonds is 5. The molecule has 1 aromatic heterocycles. The molecule has 2 heterocycles. The van der Waals surface area contributed by atoms with Gasteiger partial charge in [0.15, 0.2) is 5.96 Å². The lowest BCUT2D eigenvalue weighted by molar-refractivity contribution is 0.0512. The van der Waals surface area contributed by atoms with Gasteiger partial charge in [-0.05, 0) is 25.3 Å². The highest BCUT2D eigenvalue weighted by molar-refractivity contribution is 7.09. The molecule has 3 rings (SSSR count). The lowest BCUT2D eigenvalue weighted by Crippen LogP contribution is -2.48. The average Bonchev–Trinajstić information content (AvgIpc) is 3.08. The molecule has 2 aromatic rings. The molecule has 0 unspecified atom stereocenters. The summed E-state index contributed by atoms with van der Waals surface area (Å²) >= 11 is 1.69. The van der Waals surface area contributed by atoms with Gasteiger partial charge in [-0.25, -0.2) is 4.98 Å². The Balaban J connectivity index is 1.69. The Morgan fingerprint density at radius 3 is 2.65 bits per heavy atom. The van der Waals surface area contributed by atoms with Gasteiger partial charge in [-0.3, -0.25) is 4.99 Å². The predicted octanol–water partition coefficient (Wildman–Crippen LogP) is 3.21. The van der Waals surface area contributed by atoms with Crippen LogP contribution in [-0.2, 0) is 16.7 Å². The van der Waals surface area contributed by atoms with Crippen LogP contribution in [0.4, 0.5) is 0 Å². The molecule has 1 aliphatic heterocycles. The molecule has 26 heavy (non-hydrogen) atoms. The van der Waals surface area contributed by atoms with E-state index in [9.17, 15) is 0 Å². The van der Waals surface area contributed by atoms with Crippen molar-refractivity contribution < 1.29 is 4.74 Å². The predicted molar refractivity (Wildman–Crippen MR) is 108 cm³/mol. The summed E-state index contributed by atoms with van der Waals surface area (Å²) in [6.07, 6.45) is 2.05. The maximum absolute atomic E-state index is 5.63. The molecular formula is C20H28N4OS. The van der Waals surface area contributed by atoms with Crippen LogP contribution in [0.5, 0.6) is 0 Å². The van der Waals surface area contributed by atoms with Crippen molar-refractivity contribution in [3.63, 3.8) is 0 Å². The van der Waals surface area contributed by atoms with Gasteiger partial charge in [0.2, 0.25) is 0 Å². The summed E-state index contributed by atoms with van der Waals surface area (Å²) in [7, 11) is 3.90. The average molecular weight is 373 g/mol. The standard InChI is InChI=1S/C20H28N4OS/c1-16-23-18(14-26-16)13-24(3)19(21-2)22-15-20(9-11-25-12-10-20)17-7-5-4-6-8-17/h4-8,14H,9-13,15H2,1-3H3,(H,21,22). The number of guanidine groups is 1. The number of aryl methyl sites for hydroxylation is 1. The normalized spacial score (nSPS) is 17.1. The maximum Gasteiger partial charge on any atom is 0.193 e. The molecule has 6 heteroatoms. The van der Waals surface area contributed by atoms with E-state index >= 15 is 0 Å².